The van der Waals surface area contributed by atoms with E-state index in [2.05, 4.69) is 12.2 Å². The molecule has 0 aromatic carbocycles. The monoisotopic (exact) mass is 298 g/mol. The molecule has 0 aliphatic carbocycles. The van der Waals surface area contributed by atoms with Gasteiger partial charge in [-0.3, -0.25) is 4.79 Å². The van der Waals surface area contributed by atoms with Gasteiger partial charge in [0.15, 0.2) is 0 Å². The molecular formula is C16H30N2O3. The minimum Gasteiger partial charge on any atom is -0.379 e. The fourth-order valence-corrected chi connectivity index (χ4v) is 3.22. The van der Waals surface area contributed by atoms with E-state index in [4.69, 9.17) is 9.47 Å². The number of nitrogens with zero attached hydrogens (tertiary/aromatic N) is 1. The molecule has 21 heavy (non-hydrogen) atoms. The predicted octanol–water partition coefficient (Wildman–Crippen LogP) is 1.42. The van der Waals surface area contributed by atoms with Gasteiger partial charge in [-0.15, -0.1) is 0 Å². The average Bonchev–Trinajstić information content (AvgIpc) is 2.52. The summed E-state index contributed by atoms with van der Waals surface area (Å²) in [5, 5.41) is 3.34. The van der Waals surface area contributed by atoms with Crippen molar-refractivity contribution in [3.05, 3.63) is 0 Å². The van der Waals surface area contributed by atoms with Crippen LogP contribution in [0.3, 0.4) is 0 Å². The zero-order chi connectivity index (χ0) is 15.1. The normalized spacial score (nSPS) is 23.2. The molecule has 0 atom stereocenters. The second-order valence-corrected chi connectivity index (χ2v) is 6.37. The van der Waals surface area contributed by atoms with Crippen LogP contribution in [0.1, 0.15) is 39.5 Å². The summed E-state index contributed by atoms with van der Waals surface area (Å²) in [5.74, 6) is 0.344. The summed E-state index contributed by atoms with van der Waals surface area (Å²) in [7, 11) is 0. The SMILES string of the molecule is CCOCCOC1CCN(C(=O)C2(C)CCNCC2)CC1. The quantitative estimate of drug-likeness (QED) is 0.754. The molecule has 0 spiro atoms. The van der Waals surface area contributed by atoms with Gasteiger partial charge in [-0.25, -0.2) is 0 Å². The van der Waals surface area contributed by atoms with Gasteiger partial charge < -0.3 is 19.7 Å². The fraction of sp³-hybridized carbons (Fsp3) is 0.938. The molecule has 2 fully saturated rings. The molecule has 2 aliphatic rings. The van der Waals surface area contributed by atoms with Crippen LogP contribution in [0.15, 0.2) is 0 Å². The van der Waals surface area contributed by atoms with E-state index in [1.54, 1.807) is 0 Å². The molecule has 2 heterocycles. The number of amides is 1. The molecule has 0 saturated carbocycles. The maximum Gasteiger partial charge on any atom is 0.228 e. The van der Waals surface area contributed by atoms with Crippen molar-refractivity contribution in [1.29, 1.82) is 0 Å². The van der Waals surface area contributed by atoms with Gasteiger partial charge in [0.2, 0.25) is 5.91 Å². The van der Waals surface area contributed by atoms with Gasteiger partial charge in [0, 0.05) is 25.1 Å². The smallest absolute Gasteiger partial charge is 0.228 e. The molecule has 122 valence electrons. The van der Waals surface area contributed by atoms with Gasteiger partial charge in [-0.05, 0) is 45.7 Å². The Balaban J connectivity index is 1.71. The molecule has 2 saturated heterocycles. The molecule has 0 bridgehead atoms. The molecule has 0 aromatic rings. The molecule has 0 aromatic heterocycles. The molecule has 5 nitrogen and oxygen atoms in total. The highest BCUT2D eigenvalue weighted by Gasteiger charge is 2.38. The van der Waals surface area contributed by atoms with Gasteiger partial charge in [-0.2, -0.15) is 0 Å². The number of carbonyl (C=O) groups is 1. The zero-order valence-corrected chi connectivity index (χ0v) is 13.5. The topological polar surface area (TPSA) is 50.8 Å². The molecule has 1 amide bonds. The number of nitrogens with one attached hydrogen (secondary N) is 1. The third kappa shape index (κ3) is 4.66. The zero-order valence-electron chi connectivity index (χ0n) is 13.5. The van der Waals surface area contributed by atoms with E-state index >= 15 is 0 Å². The van der Waals surface area contributed by atoms with E-state index in [0.29, 0.717) is 19.1 Å². The van der Waals surface area contributed by atoms with Crippen LogP contribution in [0.25, 0.3) is 0 Å². The second-order valence-electron chi connectivity index (χ2n) is 6.37. The van der Waals surface area contributed by atoms with Crippen LogP contribution in [0, 0.1) is 5.41 Å². The Hall–Kier alpha value is -0.650. The molecule has 1 N–H and O–H groups in total. The molecule has 2 rings (SSSR count). The van der Waals surface area contributed by atoms with Crippen LogP contribution in [0.4, 0.5) is 0 Å². The van der Waals surface area contributed by atoms with E-state index < -0.39 is 0 Å². The average molecular weight is 298 g/mol. The maximum absolute atomic E-state index is 12.7. The lowest BCUT2D eigenvalue weighted by molar-refractivity contribution is -0.145. The summed E-state index contributed by atoms with van der Waals surface area (Å²) < 4.78 is 11.1. The first-order valence-electron chi connectivity index (χ1n) is 8.35. The Morgan fingerprint density at radius 1 is 1.24 bits per heavy atom. The van der Waals surface area contributed by atoms with Crippen LogP contribution >= 0.6 is 0 Å². The van der Waals surface area contributed by atoms with E-state index in [-0.39, 0.29) is 11.5 Å². The third-order valence-corrected chi connectivity index (χ3v) is 4.74. The van der Waals surface area contributed by atoms with Crippen molar-refractivity contribution in [2.75, 3.05) is 46.0 Å². The van der Waals surface area contributed by atoms with Crippen molar-refractivity contribution in [2.45, 2.75) is 45.6 Å². The lowest BCUT2D eigenvalue weighted by Gasteiger charge is -2.40. The summed E-state index contributed by atoms with van der Waals surface area (Å²) in [6, 6.07) is 0. The number of likely N-dealkylation sites (tertiary alicyclic amines) is 1. The lowest BCUT2D eigenvalue weighted by Crippen LogP contribution is -2.50. The van der Waals surface area contributed by atoms with Crippen molar-refractivity contribution in [3.63, 3.8) is 0 Å². The molecule has 2 aliphatic heterocycles. The maximum atomic E-state index is 12.7. The number of rotatable bonds is 6. The van der Waals surface area contributed by atoms with E-state index in [9.17, 15) is 4.79 Å². The van der Waals surface area contributed by atoms with E-state index in [0.717, 1.165) is 58.5 Å². The largest absolute Gasteiger partial charge is 0.379 e. The van der Waals surface area contributed by atoms with Crippen LogP contribution in [0.5, 0.6) is 0 Å². The standard InChI is InChI=1S/C16H30N2O3/c1-3-20-12-13-21-14-4-10-18(11-5-14)15(19)16(2)6-8-17-9-7-16/h14,17H,3-13H2,1-2H3. The first-order valence-corrected chi connectivity index (χ1v) is 8.35. The van der Waals surface area contributed by atoms with Gasteiger partial charge >= 0.3 is 0 Å². The van der Waals surface area contributed by atoms with E-state index in [1.807, 2.05) is 11.8 Å². The second kappa shape index (κ2) is 8.11. The summed E-state index contributed by atoms with van der Waals surface area (Å²) >= 11 is 0. The number of hydrogen-bond donors (Lipinski definition) is 1. The Morgan fingerprint density at radius 2 is 1.90 bits per heavy atom. The highest BCUT2D eigenvalue weighted by atomic mass is 16.5. The molecular weight excluding hydrogens is 268 g/mol. The third-order valence-electron chi connectivity index (χ3n) is 4.74. The predicted molar refractivity (Wildman–Crippen MR) is 82.3 cm³/mol. The number of hydrogen-bond acceptors (Lipinski definition) is 4. The van der Waals surface area contributed by atoms with Gasteiger partial charge in [0.1, 0.15) is 0 Å². The minimum atomic E-state index is -0.159. The summed E-state index contributed by atoms with van der Waals surface area (Å²) in [6.07, 6.45) is 4.10. The Bertz CT molecular complexity index is 321. The summed E-state index contributed by atoms with van der Waals surface area (Å²) in [5.41, 5.74) is -0.159. The first kappa shape index (κ1) is 16.7. The Labute approximate surface area is 128 Å². The van der Waals surface area contributed by atoms with Crippen LogP contribution in [0.2, 0.25) is 0 Å². The van der Waals surface area contributed by atoms with Crippen LogP contribution in [-0.2, 0) is 14.3 Å². The highest BCUT2D eigenvalue weighted by molar-refractivity contribution is 5.82. The van der Waals surface area contributed by atoms with Crippen molar-refractivity contribution in [3.8, 4) is 0 Å². The number of carbonyl (C=O) groups excluding carboxylic acids is 1. The van der Waals surface area contributed by atoms with Gasteiger partial charge in [0.05, 0.1) is 19.3 Å². The molecule has 5 heteroatoms. The Kier molecular flexibility index (Phi) is 6.45. The van der Waals surface area contributed by atoms with Gasteiger partial charge in [0.25, 0.3) is 0 Å². The fourth-order valence-electron chi connectivity index (χ4n) is 3.22. The minimum absolute atomic E-state index is 0.159. The van der Waals surface area contributed by atoms with Crippen LogP contribution < -0.4 is 5.32 Å². The summed E-state index contributed by atoms with van der Waals surface area (Å²) in [4.78, 5) is 14.8. The van der Waals surface area contributed by atoms with E-state index in [1.165, 1.54) is 0 Å². The van der Waals surface area contributed by atoms with Crippen LogP contribution in [-0.4, -0.2) is 62.9 Å². The number of ether oxygens (including phenoxy) is 2. The molecule has 0 unspecified atom stereocenters. The lowest BCUT2D eigenvalue weighted by atomic mass is 9.79. The number of piperidine rings is 2. The summed E-state index contributed by atoms with van der Waals surface area (Å²) in [6.45, 7) is 9.77. The van der Waals surface area contributed by atoms with Gasteiger partial charge in [-0.1, -0.05) is 6.92 Å². The van der Waals surface area contributed by atoms with Crippen molar-refractivity contribution in [2.24, 2.45) is 5.41 Å². The van der Waals surface area contributed by atoms with Crippen molar-refractivity contribution >= 4 is 5.91 Å². The molecule has 0 radical (unpaired) electrons. The Morgan fingerprint density at radius 3 is 2.52 bits per heavy atom. The van der Waals surface area contributed by atoms with Crippen molar-refractivity contribution < 1.29 is 14.3 Å². The first-order chi connectivity index (χ1) is 10.2. The van der Waals surface area contributed by atoms with Crippen molar-refractivity contribution in [1.82, 2.24) is 10.2 Å². The highest BCUT2D eigenvalue weighted by Crippen LogP contribution is 2.31.